The Morgan fingerprint density at radius 2 is 2.00 bits per heavy atom. The quantitative estimate of drug-likeness (QED) is 0.890. The van der Waals surface area contributed by atoms with Crippen LogP contribution in [0.2, 0.25) is 0 Å². The Hall–Kier alpha value is -1.66. The van der Waals surface area contributed by atoms with Crippen molar-refractivity contribution in [3.63, 3.8) is 0 Å². The van der Waals surface area contributed by atoms with Crippen LogP contribution >= 0.6 is 0 Å². The van der Waals surface area contributed by atoms with E-state index in [1.807, 2.05) is 30.3 Å². The number of sulfonamides is 1. The van der Waals surface area contributed by atoms with Crippen LogP contribution in [-0.2, 0) is 16.4 Å². The second-order valence-corrected chi connectivity index (χ2v) is 5.63. The highest BCUT2D eigenvalue weighted by molar-refractivity contribution is 7.89. The Balaban J connectivity index is 1.97. The van der Waals surface area contributed by atoms with Crippen LogP contribution in [-0.4, -0.2) is 20.1 Å². The first-order chi connectivity index (χ1) is 8.59. The SMILES string of the molecule is Cc1nocc1S(=O)(=O)NCCc1ccccc1. The number of aromatic nitrogens is 1. The van der Waals surface area contributed by atoms with Gasteiger partial charge >= 0.3 is 0 Å². The average Bonchev–Trinajstić information content (AvgIpc) is 2.77. The molecular weight excluding hydrogens is 252 g/mol. The minimum absolute atomic E-state index is 0.0931. The third-order valence-electron chi connectivity index (χ3n) is 2.54. The van der Waals surface area contributed by atoms with Crippen molar-refractivity contribution in [2.75, 3.05) is 6.54 Å². The molecule has 0 bridgehead atoms. The number of nitrogens with zero attached hydrogens (tertiary/aromatic N) is 1. The predicted octanol–water partition coefficient (Wildman–Crippen LogP) is 1.50. The standard InChI is InChI=1S/C12H14N2O3S/c1-10-12(9-17-14-10)18(15,16)13-8-7-11-5-3-2-4-6-11/h2-6,9,13H,7-8H2,1H3. The fourth-order valence-corrected chi connectivity index (χ4v) is 2.72. The molecule has 0 spiro atoms. The minimum atomic E-state index is -3.52. The molecule has 2 rings (SSSR count). The Bertz CT molecular complexity index is 605. The zero-order valence-electron chi connectivity index (χ0n) is 9.96. The van der Waals surface area contributed by atoms with Crippen molar-refractivity contribution in [2.45, 2.75) is 18.2 Å². The second-order valence-electron chi connectivity index (χ2n) is 3.90. The molecule has 0 aliphatic carbocycles. The van der Waals surface area contributed by atoms with Gasteiger partial charge in [-0.05, 0) is 18.9 Å². The molecule has 96 valence electrons. The van der Waals surface area contributed by atoms with E-state index in [4.69, 9.17) is 0 Å². The summed E-state index contributed by atoms with van der Waals surface area (Å²) in [6.45, 7) is 1.94. The molecule has 0 saturated carbocycles. The Morgan fingerprint density at radius 3 is 2.61 bits per heavy atom. The molecule has 2 aromatic rings. The molecule has 1 aromatic carbocycles. The van der Waals surface area contributed by atoms with Gasteiger partial charge in [0.15, 0.2) is 0 Å². The molecule has 0 atom stereocenters. The van der Waals surface area contributed by atoms with Crippen LogP contribution in [0.3, 0.4) is 0 Å². The van der Waals surface area contributed by atoms with Crippen LogP contribution in [0.25, 0.3) is 0 Å². The number of rotatable bonds is 5. The third-order valence-corrected chi connectivity index (χ3v) is 4.10. The summed E-state index contributed by atoms with van der Waals surface area (Å²) in [4.78, 5) is 0.0931. The summed E-state index contributed by atoms with van der Waals surface area (Å²) in [5.41, 5.74) is 1.45. The highest BCUT2D eigenvalue weighted by Crippen LogP contribution is 2.12. The molecule has 0 aliphatic rings. The summed E-state index contributed by atoms with van der Waals surface area (Å²) in [6, 6.07) is 9.69. The molecule has 0 radical (unpaired) electrons. The molecule has 1 N–H and O–H groups in total. The molecule has 1 aromatic heterocycles. The molecule has 0 aliphatic heterocycles. The molecule has 0 saturated heterocycles. The van der Waals surface area contributed by atoms with Crippen LogP contribution in [0, 0.1) is 6.92 Å². The Morgan fingerprint density at radius 1 is 1.28 bits per heavy atom. The zero-order chi connectivity index (χ0) is 13.0. The van der Waals surface area contributed by atoms with Gasteiger partial charge in [-0.15, -0.1) is 0 Å². The molecule has 0 unspecified atom stereocenters. The van der Waals surface area contributed by atoms with Crippen LogP contribution in [0.5, 0.6) is 0 Å². The van der Waals surface area contributed by atoms with E-state index in [-0.39, 0.29) is 4.90 Å². The van der Waals surface area contributed by atoms with Crippen molar-refractivity contribution in [2.24, 2.45) is 0 Å². The number of hydrogen-bond acceptors (Lipinski definition) is 4. The molecule has 5 nitrogen and oxygen atoms in total. The lowest BCUT2D eigenvalue weighted by atomic mass is 10.2. The maximum atomic E-state index is 11.9. The van der Waals surface area contributed by atoms with Crippen LogP contribution in [0.1, 0.15) is 11.3 Å². The van der Waals surface area contributed by atoms with Gasteiger partial charge < -0.3 is 4.52 Å². The first kappa shape index (κ1) is 12.8. The largest absolute Gasteiger partial charge is 0.363 e. The van der Waals surface area contributed by atoms with Gasteiger partial charge in [-0.3, -0.25) is 0 Å². The van der Waals surface area contributed by atoms with E-state index in [1.165, 1.54) is 0 Å². The maximum Gasteiger partial charge on any atom is 0.245 e. The van der Waals surface area contributed by atoms with E-state index in [0.29, 0.717) is 18.7 Å². The lowest BCUT2D eigenvalue weighted by Crippen LogP contribution is -2.26. The van der Waals surface area contributed by atoms with Gasteiger partial charge in [-0.2, -0.15) is 0 Å². The summed E-state index contributed by atoms with van der Waals surface area (Å²) in [6.07, 6.45) is 1.78. The zero-order valence-corrected chi connectivity index (χ0v) is 10.8. The number of benzene rings is 1. The molecular formula is C12H14N2O3S. The summed E-state index contributed by atoms with van der Waals surface area (Å²) in [5.74, 6) is 0. The number of hydrogen-bond donors (Lipinski definition) is 1. The molecule has 1 heterocycles. The molecule has 18 heavy (non-hydrogen) atoms. The summed E-state index contributed by atoms with van der Waals surface area (Å²) in [5, 5.41) is 3.55. The van der Waals surface area contributed by atoms with Gasteiger partial charge in [0.05, 0.1) is 0 Å². The van der Waals surface area contributed by atoms with Gasteiger partial charge in [0.1, 0.15) is 16.9 Å². The van der Waals surface area contributed by atoms with E-state index in [2.05, 4.69) is 14.4 Å². The van der Waals surface area contributed by atoms with Crippen LogP contribution < -0.4 is 4.72 Å². The molecule has 0 fully saturated rings. The van der Waals surface area contributed by atoms with E-state index in [1.54, 1.807) is 6.92 Å². The molecule has 6 heteroatoms. The van der Waals surface area contributed by atoms with Crippen molar-refractivity contribution in [3.8, 4) is 0 Å². The molecule has 0 amide bonds. The van der Waals surface area contributed by atoms with E-state index in [9.17, 15) is 8.42 Å². The maximum absolute atomic E-state index is 11.9. The summed E-state index contributed by atoms with van der Waals surface area (Å²) >= 11 is 0. The Kier molecular flexibility index (Phi) is 3.78. The monoisotopic (exact) mass is 266 g/mol. The van der Waals surface area contributed by atoms with E-state index in [0.717, 1.165) is 11.8 Å². The highest BCUT2D eigenvalue weighted by Gasteiger charge is 2.19. The van der Waals surface area contributed by atoms with E-state index < -0.39 is 10.0 Å². The highest BCUT2D eigenvalue weighted by atomic mass is 32.2. The average molecular weight is 266 g/mol. The van der Waals surface area contributed by atoms with Gasteiger partial charge in [0, 0.05) is 6.54 Å². The topological polar surface area (TPSA) is 72.2 Å². The van der Waals surface area contributed by atoms with Crippen molar-refractivity contribution in [1.82, 2.24) is 9.88 Å². The van der Waals surface area contributed by atoms with Crippen LogP contribution in [0.4, 0.5) is 0 Å². The lowest BCUT2D eigenvalue weighted by Gasteiger charge is -2.05. The number of nitrogens with one attached hydrogen (secondary N) is 1. The predicted molar refractivity (Wildman–Crippen MR) is 66.6 cm³/mol. The van der Waals surface area contributed by atoms with Gasteiger partial charge in [0.25, 0.3) is 0 Å². The first-order valence-corrected chi connectivity index (χ1v) is 7.02. The number of aryl methyl sites for hydroxylation is 1. The summed E-state index contributed by atoms with van der Waals surface area (Å²) < 4.78 is 30.9. The fraction of sp³-hybridized carbons (Fsp3) is 0.250. The normalized spacial score (nSPS) is 11.6. The van der Waals surface area contributed by atoms with Gasteiger partial charge in [-0.25, -0.2) is 13.1 Å². The third kappa shape index (κ3) is 2.96. The summed E-state index contributed by atoms with van der Waals surface area (Å²) in [7, 11) is -3.52. The van der Waals surface area contributed by atoms with Crippen molar-refractivity contribution >= 4 is 10.0 Å². The minimum Gasteiger partial charge on any atom is -0.363 e. The Labute approximate surface area is 106 Å². The first-order valence-electron chi connectivity index (χ1n) is 5.54. The lowest BCUT2D eigenvalue weighted by molar-refractivity contribution is 0.413. The van der Waals surface area contributed by atoms with Crippen molar-refractivity contribution in [1.29, 1.82) is 0 Å². The van der Waals surface area contributed by atoms with Crippen molar-refractivity contribution in [3.05, 3.63) is 47.9 Å². The van der Waals surface area contributed by atoms with E-state index >= 15 is 0 Å². The van der Waals surface area contributed by atoms with Crippen LogP contribution in [0.15, 0.2) is 46.0 Å². The fourth-order valence-electron chi connectivity index (χ4n) is 1.59. The van der Waals surface area contributed by atoms with Gasteiger partial charge in [-0.1, -0.05) is 35.5 Å². The van der Waals surface area contributed by atoms with Crippen molar-refractivity contribution < 1.29 is 12.9 Å². The smallest absolute Gasteiger partial charge is 0.245 e. The van der Waals surface area contributed by atoms with Gasteiger partial charge in [0.2, 0.25) is 10.0 Å². The second kappa shape index (κ2) is 5.32.